The van der Waals surface area contributed by atoms with Crippen molar-refractivity contribution in [2.45, 2.75) is 58.8 Å². The molecule has 1 aliphatic heterocycles. The fourth-order valence-electron chi connectivity index (χ4n) is 4.78. The van der Waals surface area contributed by atoms with Gasteiger partial charge in [0, 0.05) is 6.29 Å². The fraction of sp³-hybridized carbons (Fsp3) is 0.714. The van der Waals surface area contributed by atoms with E-state index in [-0.39, 0.29) is 11.7 Å². The van der Waals surface area contributed by atoms with Crippen molar-refractivity contribution in [1.82, 2.24) is 0 Å². The highest BCUT2D eigenvalue weighted by atomic mass is 16.6. The first-order valence-corrected chi connectivity index (χ1v) is 9.68. The SMILES string of the molecule is CC1CC[C@@H]2C(CO1)[C@H]([C@@H](C)[C@H]([O-])Oc1ccc(O)cc1)CC[C@H]2C. The lowest BCUT2D eigenvalue weighted by molar-refractivity contribution is -0.489. The molecule has 4 heteroatoms. The summed E-state index contributed by atoms with van der Waals surface area (Å²) in [5.74, 6) is 2.82. The van der Waals surface area contributed by atoms with E-state index in [0.29, 0.717) is 35.5 Å². The van der Waals surface area contributed by atoms with Gasteiger partial charge in [-0.05, 0) is 80.0 Å². The Hall–Kier alpha value is -1.26. The molecule has 2 fully saturated rings. The third-order valence-electron chi connectivity index (χ3n) is 6.46. The van der Waals surface area contributed by atoms with Gasteiger partial charge in [0.1, 0.15) is 11.5 Å². The third-order valence-corrected chi connectivity index (χ3v) is 6.46. The van der Waals surface area contributed by atoms with E-state index in [2.05, 4.69) is 13.8 Å². The average molecular weight is 347 g/mol. The summed E-state index contributed by atoms with van der Waals surface area (Å²) < 4.78 is 11.7. The van der Waals surface area contributed by atoms with Gasteiger partial charge in [0.2, 0.25) is 0 Å². The molecule has 2 aliphatic rings. The number of hydrogen-bond acceptors (Lipinski definition) is 4. The van der Waals surface area contributed by atoms with Gasteiger partial charge in [-0.25, -0.2) is 0 Å². The second kappa shape index (κ2) is 7.96. The third kappa shape index (κ3) is 4.29. The Kier molecular flexibility index (Phi) is 5.90. The second-order valence-electron chi connectivity index (χ2n) is 8.11. The average Bonchev–Trinajstić information content (AvgIpc) is 2.79. The molecule has 1 aliphatic carbocycles. The van der Waals surface area contributed by atoms with Crippen LogP contribution in [0.25, 0.3) is 0 Å². The highest BCUT2D eigenvalue weighted by Crippen LogP contribution is 2.46. The predicted octanol–water partition coefficient (Wildman–Crippen LogP) is 3.57. The van der Waals surface area contributed by atoms with Crippen LogP contribution >= 0.6 is 0 Å². The van der Waals surface area contributed by atoms with Crippen LogP contribution in [0, 0.1) is 29.6 Å². The molecule has 1 aromatic rings. The lowest BCUT2D eigenvalue weighted by atomic mass is 9.62. The van der Waals surface area contributed by atoms with Crippen LogP contribution in [0.5, 0.6) is 11.5 Å². The molecular formula is C21H31O4-. The van der Waals surface area contributed by atoms with Crippen LogP contribution < -0.4 is 9.84 Å². The summed E-state index contributed by atoms with van der Waals surface area (Å²) in [6.07, 6.45) is 3.83. The van der Waals surface area contributed by atoms with Gasteiger partial charge in [-0.2, -0.15) is 0 Å². The lowest BCUT2D eigenvalue weighted by Crippen LogP contribution is -2.47. The molecule has 0 spiro atoms. The summed E-state index contributed by atoms with van der Waals surface area (Å²) in [7, 11) is 0. The van der Waals surface area contributed by atoms with E-state index < -0.39 is 6.29 Å². The summed E-state index contributed by atoms with van der Waals surface area (Å²) in [5, 5.41) is 22.1. The van der Waals surface area contributed by atoms with Gasteiger partial charge in [0.25, 0.3) is 0 Å². The molecule has 4 nitrogen and oxygen atoms in total. The quantitative estimate of drug-likeness (QED) is 0.846. The zero-order chi connectivity index (χ0) is 18.0. The van der Waals surface area contributed by atoms with Crippen LogP contribution in [0.1, 0.15) is 46.5 Å². The molecular weight excluding hydrogens is 316 g/mol. The van der Waals surface area contributed by atoms with E-state index in [1.165, 1.54) is 12.8 Å². The number of benzene rings is 1. The lowest BCUT2D eigenvalue weighted by Gasteiger charge is -2.46. The van der Waals surface area contributed by atoms with Crippen LogP contribution in [0.2, 0.25) is 0 Å². The van der Waals surface area contributed by atoms with Crippen LogP contribution in [0.15, 0.2) is 24.3 Å². The molecule has 1 aromatic carbocycles. The molecule has 1 saturated carbocycles. The Morgan fingerprint density at radius 2 is 1.80 bits per heavy atom. The summed E-state index contributed by atoms with van der Waals surface area (Å²) in [4.78, 5) is 0. The van der Waals surface area contributed by atoms with Crippen molar-refractivity contribution in [2.24, 2.45) is 29.6 Å². The topological polar surface area (TPSA) is 61.8 Å². The Labute approximate surface area is 151 Å². The minimum Gasteiger partial charge on any atom is -0.821 e. The summed E-state index contributed by atoms with van der Waals surface area (Å²) in [6, 6.07) is 6.39. The zero-order valence-electron chi connectivity index (χ0n) is 15.6. The number of ether oxygens (including phenoxy) is 2. The number of phenols is 1. The Morgan fingerprint density at radius 1 is 1.08 bits per heavy atom. The van der Waals surface area contributed by atoms with E-state index in [4.69, 9.17) is 9.47 Å². The van der Waals surface area contributed by atoms with Crippen molar-refractivity contribution in [3.05, 3.63) is 24.3 Å². The molecule has 0 radical (unpaired) electrons. The number of hydrogen-bond donors (Lipinski definition) is 1. The van der Waals surface area contributed by atoms with E-state index in [9.17, 15) is 10.2 Å². The number of fused-ring (bicyclic) bond motifs is 1. The van der Waals surface area contributed by atoms with Gasteiger partial charge >= 0.3 is 0 Å². The summed E-state index contributed by atoms with van der Waals surface area (Å²) >= 11 is 0. The molecule has 0 bridgehead atoms. The maximum Gasteiger partial charge on any atom is 0.117 e. The molecule has 1 heterocycles. The molecule has 2 unspecified atom stereocenters. The monoisotopic (exact) mass is 347 g/mol. The van der Waals surface area contributed by atoms with Crippen molar-refractivity contribution >= 4 is 0 Å². The summed E-state index contributed by atoms with van der Waals surface area (Å²) in [5.41, 5.74) is 0. The van der Waals surface area contributed by atoms with Crippen LogP contribution in [-0.4, -0.2) is 24.1 Å². The first-order valence-electron chi connectivity index (χ1n) is 9.68. The van der Waals surface area contributed by atoms with Gasteiger partial charge < -0.3 is 19.7 Å². The number of rotatable bonds is 4. The van der Waals surface area contributed by atoms with Gasteiger partial charge in [-0.15, -0.1) is 0 Å². The molecule has 1 N–H and O–H groups in total. The maximum absolute atomic E-state index is 12.8. The van der Waals surface area contributed by atoms with E-state index in [0.717, 1.165) is 19.4 Å². The van der Waals surface area contributed by atoms with Gasteiger partial charge in [0.15, 0.2) is 0 Å². The van der Waals surface area contributed by atoms with Crippen LogP contribution in [-0.2, 0) is 4.74 Å². The smallest absolute Gasteiger partial charge is 0.117 e. The fourth-order valence-corrected chi connectivity index (χ4v) is 4.78. The van der Waals surface area contributed by atoms with Crippen LogP contribution in [0.3, 0.4) is 0 Å². The molecule has 7 atom stereocenters. The van der Waals surface area contributed by atoms with Crippen molar-refractivity contribution in [3.8, 4) is 11.5 Å². The van der Waals surface area contributed by atoms with Gasteiger partial charge in [0.05, 0.1) is 12.7 Å². The minimum absolute atomic E-state index is 0.0641. The second-order valence-corrected chi connectivity index (χ2v) is 8.11. The Balaban J connectivity index is 1.68. The van der Waals surface area contributed by atoms with Gasteiger partial charge in [-0.3, -0.25) is 0 Å². The molecule has 0 amide bonds. The Bertz CT molecular complexity index is 543. The van der Waals surface area contributed by atoms with Gasteiger partial charge in [-0.1, -0.05) is 20.3 Å². The molecule has 0 aromatic heterocycles. The standard InChI is InChI=1S/C21H31O4/c1-13-4-10-19(20-12-24-14(2)5-11-18(13)20)15(3)21(23)25-17-8-6-16(22)7-9-17/h6-9,13-15,18-22H,4-5,10-12H2,1-3H3/q-1/t13-,14?,15-,18+,19+,20?,21-/m1/s1. The molecule has 25 heavy (non-hydrogen) atoms. The van der Waals surface area contributed by atoms with E-state index >= 15 is 0 Å². The minimum atomic E-state index is -1.09. The molecule has 1 saturated heterocycles. The first-order chi connectivity index (χ1) is 12.0. The van der Waals surface area contributed by atoms with Crippen molar-refractivity contribution < 1.29 is 19.7 Å². The normalized spacial score (nSPS) is 35.3. The largest absolute Gasteiger partial charge is 0.821 e. The zero-order valence-corrected chi connectivity index (χ0v) is 15.6. The molecule has 3 rings (SSSR count). The first kappa shape index (κ1) is 18.5. The highest BCUT2D eigenvalue weighted by Gasteiger charge is 2.41. The maximum atomic E-state index is 12.8. The predicted molar refractivity (Wildman–Crippen MR) is 95.2 cm³/mol. The van der Waals surface area contributed by atoms with E-state index in [1.807, 2.05) is 6.92 Å². The van der Waals surface area contributed by atoms with E-state index in [1.54, 1.807) is 24.3 Å². The molecule has 140 valence electrons. The highest BCUT2D eigenvalue weighted by molar-refractivity contribution is 5.30. The Morgan fingerprint density at radius 3 is 2.52 bits per heavy atom. The number of phenolic OH excluding ortho intramolecular Hbond substituents is 1. The number of aromatic hydroxyl groups is 1. The van der Waals surface area contributed by atoms with Crippen molar-refractivity contribution in [3.63, 3.8) is 0 Å². The van der Waals surface area contributed by atoms with Crippen LogP contribution in [0.4, 0.5) is 0 Å². The van der Waals surface area contributed by atoms with Crippen molar-refractivity contribution in [1.29, 1.82) is 0 Å². The summed E-state index contributed by atoms with van der Waals surface area (Å²) in [6.45, 7) is 7.32. The van der Waals surface area contributed by atoms with Crippen molar-refractivity contribution in [2.75, 3.05) is 6.61 Å².